The Balaban J connectivity index is 1.63. The molecule has 3 aromatic carbocycles. The summed E-state index contributed by atoms with van der Waals surface area (Å²) in [5, 5.41) is 6.17. The first-order valence-corrected chi connectivity index (χ1v) is 10.1. The summed E-state index contributed by atoms with van der Waals surface area (Å²) in [5.41, 5.74) is 2.47. The molecule has 7 heteroatoms. The van der Waals surface area contributed by atoms with Crippen molar-refractivity contribution in [2.45, 2.75) is 6.92 Å². The van der Waals surface area contributed by atoms with Gasteiger partial charge in [-0.1, -0.05) is 35.9 Å². The Labute approximate surface area is 185 Å². The lowest BCUT2D eigenvalue weighted by molar-refractivity contribution is 0.0973. The first-order chi connectivity index (χ1) is 14.5. The van der Waals surface area contributed by atoms with Crippen LogP contribution in [0.25, 0.3) is 0 Å². The molecule has 0 atom stereocenters. The molecule has 0 aromatic heterocycles. The number of benzene rings is 3. The summed E-state index contributed by atoms with van der Waals surface area (Å²) < 4.78 is 0. The lowest BCUT2D eigenvalue weighted by Crippen LogP contribution is -2.34. The van der Waals surface area contributed by atoms with Crippen molar-refractivity contribution in [3.05, 3.63) is 95.0 Å². The minimum absolute atomic E-state index is 0.0907. The van der Waals surface area contributed by atoms with E-state index in [4.69, 9.17) is 23.8 Å². The number of amides is 2. The maximum atomic E-state index is 12.9. The fourth-order valence-corrected chi connectivity index (χ4v) is 3.27. The van der Waals surface area contributed by atoms with Gasteiger partial charge in [-0.2, -0.15) is 0 Å². The Kier molecular flexibility index (Phi) is 7.17. The van der Waals surface area contributed by atoms with Crippen molar-refractivity contribution < 1.29 is 9.59 Å². The van der Waals surface area contributed by atoms with Crippen molar-refractivity contribution in [3.8, 4) is 0 Å². The molecule has 0 saturated heterocycles. The molecule has 0 spiro atoms. The number of rotatable bonds is 5. The second kappa shape index (κ2) is 10.0. The van der Waals surface area contributed by atoms with Crippen LogP contribution in [0.3, 0.4) is 0 Å². The van der Waals surface area contributed by atoms with Crippen molar-refractivity contribution in [1.29, 1.82) is 0 Å². The van der Waals surface area contributed by atoms with E-state index in [-0.39, 0.29) is 16.9 Å². The lowest BCUT2D eigenvalue weighted by atomic mass is 10.1. The summed E-state index contributed by atoms with van der Waals surface area (Å²) in [6, 6.07) is 23.0. The minimum Gasteiger partial charge on any atom is -0.332 e. The van der Waals surface area contributed by atoms with Crippen molar-refractivity contribution in [2.75, 3.05) is 16.8 Å². The first kappa shape index (κ1) is 21.5. The number of carbonyl (C=O) groups excluding carboxylic acids is 2. The molecular formula is C23H20ClN3O2S. The summed E-state index contributed by atoms with van der Waals surface area (Å²) in [4.78, 5) is 26.8. The molecule has 0 heterocycles. The minimum atomic E-state index is -0.358. The van der Waals surface area contributed by atoms with Gasteiger partial charge in [0.25, 0.3) is 11.8 Å². The van der Waals surface area contributed by atoms with Crippen LogP contribution < -0.4 is 15.5 Å². The summed E-state index contributed by atoms with van der Waals surface area (Å²) in [5.74, 6) is -0.449. The van der Waals surface area contributed by atoms with Crippen molar-refractivity contribution in [2.24, 2.45) is 0 Å². The maximum Gasteiger partial charge on any atom is 0.258 e. The number of nitrogens with zero attached hydrogens (tertiary/aromatic N) is 1. The molecule has 0 saturated carbocycles. The van der Waals surface area contributed by atoms with Gasteiger partial charge < -0.3 is 10.2 Å². The Morgan fingerprint density at radius 2 is 1.63 bits per heavy atom. The Hall–Kier alpha value is -3.22. The van der Waals surface area contributed by atoms with Crippen LogP contribution in [0.5, 0.6) is 0 Å². The van der Waals surface area contributed by atoms with Crippen LogP contribution in [-0.4, -0.2) is 23.5 Å². The molecule has 0 aliphatic heterocycles. The second-order valence-electron chi connectivity index (χ2n) is 6.38. The van der Waals surface area contributed by atoms with E-state index in [1.807, 2.05) is 37.3 Å². The molecule has 0 unspecified atom stereocenters. The fraction of sp³-hybridized carbons (Fsp3) is 0.0870. The highest BCUT2D eigenvalue weighted by Gasteiger charge is 2.16. The third-order valence-electron chi connectivity index (χ3n) is 4.33. The first-order valence-electron chi connectivity index (χ1n) is 9.33. The van der Waals surface area contributed by atoms with Gasteiger partial charge in [-0.15, -0.1) is 0 Å². The number of hydrogen-bond donors (Lipinski definition) is 2. The summed E-state index contributed by atoms with van der Waals surface area (Å²) in [6.45, 7) is 2.49. The summed E-state index contributed by atoms with van der Waals surface area (Å²) in [6.07, 6.45) is 0. The highest BCUT2D eigenvalue weighted by Crippen LogP contribution is 2.18. The zero-order valence-electron chi connectivity index (χ0n) is 16.3. The molecular weight excluding hydrogens is 418 g/mol. The van der Waals surface area contributed by atoms with E-state index in [1.54, 1.807) is 53.4 Å². The number of halogens is 1. The van der Waals surface area contributed by atoms with Gasteiger partial charge in [0.05, 0.1) is 0 Å². The van der Waals surface area contributed by atoms with E-state index in [0.717, 1.165) is 5.69 Å². The highest BCUT2D eigenvalue weighted by molar-refractivity contribution is 7.80. The van der Waals surface area contributed by atoms with Crippen molar-refractivity contribution >= 4 is 52.1 Å². The molecule has 0 fully saturated rings. The van der Waals surface area contributed by atoms with E-state index in [9.17, 15) is 9.59 Å². The SMILES string of the molecule is CCN(C(=O)c1ccc(NC(=S)NC(=O)c2cccc(Cl)c2)cc1)c1ccccc1. The average Bonchev–Trinajstić information content (AvgIpc) is 2.75. The monoisotopic (exact) mass is 437 g/mol. The molecule has 0 aliphatic rings. The van der Waals surface area contributed by atoms with Crippen LogP contribution in [0, 0.1) is 0 Å². The van der Waals surface area contributed by atoms with E-state index in [2.05, 4.69) is 10.6 Å². The summed E-state index contributed by atoms with van der Waals surface area (Å²) in [7, 11) is 0. The standard InChI is InChI=1S/C23H20ClN3O2S/c1-2-27(20-9-4-3-5-10-20)22(29)16-11-13-19(14-12-16)25-23(30)26-21(28)17-7-6-8-18(24)15-17/h3-15H,2H2,1H3,(H2,25,26,28,30). The third kappa shape index (κ3) is 5.43. The number of hydrogen-bond acceptors (Lipinski definition) is 3. The van der Waals surface area contributed by atoms with E-state index >= 15 is 0 Å². The fourth-order valence-electron chi connectivity index (χ4n) is 2.87. The van der Waals surface area contributed by atoms with Gasteiger partial charge in [0.2, 0.25) is 0 Å². The lowest BCUT2D eigenvalue weighted by Gasteiger charge is -2.21. The normalized spacial score (nSPS) is 10.2. The number of nitrogens with one attached hydrogen (secondary N) is 2. The van der Waals surface area contributed by atoms with Gasteiger partial charge in [-0.05, 0) is 73.7 Å². The Bertz CT molecular complexity index is 1060. The van der Waals surface area contributed by atoms with Crippen LogP contribution in [0.1, 0.15) is 27.6 Å². The van der Waals surface area contributed by atoms with Crippen molar-refractivity contribution in [3.63, 3.8) is 0 Å². The molecule has 3 aromatic rings. The van der Waals surface area contributed by atoms with Crippen LogP contribution in [0.4, 0.5) is 11.4 Å². The molecule has 2 N–H and O–H groups in total. The largest absolute Gasteiger partial charge is 0.332 e. The van der Waals surface area contributed by atoms with Gasteiger partial charge >= 0.3 is 0 Å². The number of carbonyl (C=O) groups is 2. The molecule has 30 heavy (non-hydrogen) atoms. The summed E-state index contributed by atoms with van der Waals surface area (Å²) >= 11 is 11.1. The van der Waals surface area contributed by atoms with Crippen LogP contribution in [0.15, 0.2) is 78.9 Å². The molecule has 152 valence electrons. The topological polar surface area (TPSA) is 61.4 Å². The van der Waals surface area contributed by atoms with Gasteiger partial charge in [-0.3, -0.25) is 14.9 Å². The van der Waals surface area contributed by atoms with Crippen LogP contribution in [-0.2, 0) is 0 Å². The van der Waals surface area contributed by atoms with Crippen molar-refractivity contribution in [1.82, 2.24) is 5.32 Å². The third-order valence-corrected chi connectivity index (χ3v) is 4.77. The van der Waals surface area contributed by atoms with Gasteiger partial charge in [0.15, 0.2) is 5.11 Å². The van der Waals surface area contributed by atoms with E-state index < -0.39 is 0 Å². The van der Waals surface area contributed by atoms with E-state index in [1.165, 1.54) is 0 Å². The predicted molar refractivity (Wildman–Crippen MR) is 125 cm³/mol. The van der Waals surface area contributed by atoms with Crippen LogP contribution in [0.2, 0.25) is 5.02 Å². The van der Waals surface area contributed by atoms with E-state index in [0.29, 0.717) is 28.4 Å². The number of anilines is 2. The zero-order valence-corrected chi connectivity index (χ0v) is 17.8. The van der Waals surface area contributed by atoms with Gasteiger partial charge in [0.1, 0.15) is 0 Å². The quantitative estimate of drug-likeness (QED) is 0.543. The van der Waals surface area contributed by atoms with Gasteiger partial charge in [0, 0.05) is 34.1 Å². The number of thiocarbonyl (C=S) groups is 1. The molecule has 0 aliphatic carbocycles. The molecule has 0 radical (unpaired) electrons. The maximum absolute atomic E-state index is 12.9. The predicted octanol–water partition coefficient (Wildman–Crippen LogP) is 5.13. The smallest absolute Gasteiger partial charge is 0.258 e. The second-order valence-corrected chi connectivity index (χ2v) is 7.23. The van der Waals surface area contributed by atoms with Crippen LogP contribution >= 0.6 is 23.8 Å². The Morgan fingerprint density at radius 3 is 2.27 bits per heavy atom. The van der Waals surface area contributed by atoms with Gasteiger partial charge in [-0.25, -0.2) is 0 Å². The highest BCUT2D eigenvalue weighted by atomic mass is 35.5. The Morgan fingerprint density at radius 1 is 0.933 bits per heavy atom. The molecule has 2 amide bonds. The molecule has 0 bridgehead atoms. The molecule has 3 rings (SSSR count). The zero-order chi connectivity index (χ0) is 21.5. The molecule has 5 nitrogen and oxygen atoms in total. The average molecular weight is 438 g/mol. The number of para-hydroxylation sites is 1.